The van der Waals surface area contributed by atoms with E-state index in [1.54, 1.807) is 11.8 Å². The molecule has 2 amide bonds. The Labute approximate surface area is 142 Å². The van der Waals surface area contributed by atoms with Crippen LogP contribution in [0.25, 0.3) is 0 Å². The molecular weight excluding hydrogens is 312 g/mol. The standard InChI is InChI=1S/C17H26N2O3S/c1-13(9-10-14-7-5-4-6-8-14)18-17(21)19-15(11-12-23-3)16(20)22-2/h4-8,13,15H,9-12H2,1-3H3,(H2,18,19,21)/t13-,15+/m1/s1. The number of carbonyl (C=O) groups excluding carboxylic acids is 2. The minimum atomic E-state index is -0.603. The molecular formula is C17H26N2O3S. The number of urea groups is 1. The zero-order valence-corrected chi connectivity index (χ0v) is 14.8. The maximum atomic E-state index is 12.0. The summed E-state index contributed by atoms with van der Waals surface area (Å²) < 4.78 is 4.73. The molecule has 5 nitrogen and oxygen atoms in total. The van der Waals surface area contributed by atoms with E-state index >= 15 is 0 Å². The Bertz CT molecular complexity index is 482. The summed E-state index contributed by atoms with van der Waals surface area (Å²) in [7, 11) is 1.33. The van der Waals surface area contributed by atoms with Crippen molar-refractivity contribution in [3.05, 3.63) is 35.9 Å². The van der Waals surface area contributed by atoms with Gasteiger partial charge in [-0.3, -0.25) is 0 Å². The number of hydrogen-bond donors (Lipinski definition) is 2. The van der Waals surface area contributed by atoms with Crippen molar-refractivity contribution in [2.75, 3.05) is 19.1 Å². The summed E-state index contributed by atoms with van der Waals surface area (Å²) in [5.74, 6) is 0.370. The van der Waals surface area contributed by atoms with Crippen molar-refractivity contribution >= 4 is 23.8 Å². The highest BCUT2D eigenvalue weighted by Crippen LogP contribution is 2.05. The van der Waals surface area contributed by atoms with Crippen LogP contribution in [0.15, 0.2) is 30.3 Å². The van der Waals surface area contributed by atoms with Gasteiger partial charge in [0.1, 0.15) is 6.04 Å². The third kappa shape index (κ3) is 7.93. The molecule has 0 fully saturated rings. The molecule has 0 saturated heterocycles. The second-order valence-electron chi connectivity index (χ2n) is 5.40. The summed E-state index contributed by atoms with van der Waals surface area (Å²) in [6.07, 6.45) is 4.25. The van der Waals surface area contributed by atoms with Gasteiger partial charge in [0.15, 0.2) is 0 Å². The molecule has 2 N–H and O–H groups in total. The zero-order valence-electron chi connectivity index (χ0n) is 14.0. The quantitative estimate of drug-likeness (QED) is 0.679. The summed E-state index contributed by atoms with van der Waals surface area (Å²) in [5, 5.41) is 5.57. The molecule has 1 aromatic carbocycles. The van der Waals surface area contributed by atoms with Gasteiger partial charge in [0.05, 0.1) is 7.11 Å². The van der Waals surface area contributed by atoms with E-state index in [-0.39, 0.29) is 12.1 Å². The van der Waals surface area contributed by atoms with Crippen LogP contribution in [0.3, 0.4) is 0 Å². The number of ether oxygens (including phenoxy) is 1. The van der Waals surface area contributed by atoms with Crippen molar-refractivity contribution in [3.63, 3.8) is 0 Å². The number of nitrogens with one attached hydrogen (secondary N) is 2. The maximum Gasteiger partial charge on any atom is 0.328 e. The lowest BCUT2D eigenvalue weighted by atomic mass is 10.1. The van der Waals surface area contributed by atoms with Crippen molar-refractivity contribution in [1.29, 1.82) is 0 Å². The number of esters is 1. The molecule has 0 radical (unpaired) electrons. The fraction of sp³-hybridized carbons (Fsp3) is 0.529. The van der Waals surface area contributed by atoms with E-state index in [2.05, 4.69) is 22.8 Å². The number of methoxy groups -OCH3 is 1. The molecule has 1 aromatic rings. The van der Waals surface area contributed by atoms with Crippen molar-refractivity contribution in [1.82, 2.24) is 10.6 Å². The van der Waals surface area contributed by atoms with Crippen LogP contribution in [-0.2, 0) is 16.0 Å². The first-order valence-corrected chi connectivity index (χ1v) is 9.14. The average Bonchev–Trinajstić information content (AvgIpc) is 2.56. The maximum absolute atomic E-state index is 12.0. The first-order chi connectivity index (χ1) is 11.1. The average molecular weight is 338 g/mol. The third-order valence-electron chi connectivity index (χ3n) is 3.49. The minimum absolute atomic E-state index is 0.0223. The van der Waals surface area contributed by atoms with Crippen LogP contribution < -0.4 is 10.6 Å². The lowest BCUT2D eigenvalue weighted by Crippen LogP contribution is -2.49. The second-order valence-corrected chi connectivity index (χ2v) is 6.39. The monoisotopic (exact) mass is 338 g/mol. The third-order valence-corrected chi connectivity index (χ3v) is 4.13. The Morgan fingerprint density at radius 2 is 1.87 bits per heavy atom. The summed E-state index contributed by atoms with van der Waals surface area (Å²) in [6.45, 7) is 1.96. The Morgan fingerprint density at radius 3 is 2.48 bits per heavy atom. The van der Waals surface area contributed by atoms with Crippen LogP contribution in [-0.4, -0.2) is 43.2 Å². The number of thioether (sulfide) groups is 1. The Kier molecular flexibility index (Phi) is 9.21. The normalized spacial score (nSPS) is 13.0. The van der Waals surface area contributed by atoms with E-state index in [0.717, 1.165) is 18.6 Å². The summed E-state index contributed by atoms with van der Waals surface area (Å²) in [5.41, 5.74) is 1.24. The highest BCUT2D eigenvalue weighted by molar-refractivity contribution is 7.98. The molecule has 0 heterocycles. The van der Waals surface area contributed by atoms with E-state index in [1.807, 2.05) is 31.4 Å². The predicted octanol–water partition coefficient (Wildman–Crippen LogP) is 2.60. The number of amides is 2. The van der Waals surface area contributed by atoms with Gasteiger partial charge in [-0.25, -0.2) is 9.59 Å². The molecule has 0 aliphatic heterocycles. The Balaban J connectivity index is 2.38. The molecule has 0 saturated carbocycles. The second kappa shape index (κ2) is 10.9. The molecule has 0 aliphatic carbocycles. The number of benzene rings is 1. The van der Waals surface area contributed by atoms with Crippen LogP contribution in [0.5, 0.6) is 0 Å². The summed E-state index contributed by atoms with van der Waals surface area (Å²) in [4.78, 5) is 23.7. The van der Waals surface area contributed by atoms with Gasteiger partial charge in [-0.2, -0.15) is 11.8 Å². The van der Waals surface area contributed by atoms with Crippen molar-refractivity contribution in [2.45, 2.75) is 38.3 Å². The molecule has 0 bridgehead atoms. The Morgan fingerprint density at radius 1 is 1.17 bits per heavy atom. The smallest absolute Gasteiger partial charge is 0.328 e. The molecule has 128 valence electrons. The molecule has 1 rings (SSSR count). The van der Waals surface area contributed by atoms with Gasteiger partial charge in [0.2, 0.25) is 0 Å². The molecule has 23 heavy (non-hydrogen) atoms. The van der Waals surface area contributed by atoms with E-state index in [4.69, 9.17) is 4.74 Å². The van der Waals surface area contributed by atoms with Crippen molar-refractivity contribution in [3.8, 4) is 0 Å². The van der Waals surface area contributed by atoms with Crippen LogP contribution in [0.2, 0.25) is 0 Å². The zero-order chi connectivity index (χ0) is 17.1. The van der Waals surface area contributed by atoms with Crippen LogP contribution in [0, 0.1) is 0 Å². The van der Waals surface area contributed by atoms with Gasteiger partial charge >= 0.3 is 12.0 Å². The number of rotatable bonds is 9. The van der Waals surface area contributed by atoms with E-state index in [9.17, 15) is 9.59 Å². The topological polar surface area (TPSA) is 67.4 Å². The largest absolute Gasteiger partial charge is 0.467 e. The van der Waals surface area contributed by atoms with Gasteiger partial charge in [0.25, 0.3) is 0 Å². The molecule has 2 atom stereocenters. The van der Waals surface area contributed by atoms with Gasteiger partial charge in [0, 0.05) is 6.04 Å². The lowest BCUT2D eigenvalue weighted by molar-refractivity contribution is -0.142. The highest BCUT2D eigenvalue weighted by Gasteiger charge is 2.21. The fourth-order valence-corrected chi connectivity index (χ4v) is 2.62. The number of hydrogen-bond acceptors (Lipinski definition) is 4. The van der Waals surface area contributed by atoms with Gasteiger partial charge in [-0.1, -0.05) is 30.3 Å². The SMILES string of the molecule is COC(=O)[C@H](CCSC)NC(=O)N[C@H](C)CCc1ccccc1. The van der Waals surface area contributed by atoms with Gasteiger partial charge < -0.3 is 15.4 Å². The highest BCUT2D eigenvalue weighted by atomic mass is 32.2. The van der Waals surface area contributed by atoms with Crippen LogP contribution in [0.1, 0.15) is 25.3 Å². The fourth-order valence-electron chi connectivity index (χ4n) is 2.15. The van der Waals surface area contributed by atoms with E-state index in [1.165, 1.54) is 12.7 Å². The molecule has 0 unspecified atom stereocenters. The van der Waals surface area contributed by atoms with Crippen LogP contribution >= 0.6 is 11.8 Å². The van der Waals surface area contributed by atoms with Crippen molar-refractivity contribution in [2.24, 2.45) is 0 Å². The summed E-state index contributed by atoms with van der Waals surface area (Å²) in [6, 6.07) is 9.23. The van der Waals surface area contributed by atoms with Crippen LogP contribution in [0.4, 0.5) is 4.79 Å². The first kappa shape index (κ1) is 19.4. The summed E-state index contributed by atoms with van der Waals surface area (Å²) >= 11 is 1.63. The number of carbonyl (C=O) groups is 2. The molecule has 0 spiro atoms. The van der Waals surface area contributed by atoms with E-state index < -0.39 is 12.0 Å². The van der Waals surface area contributed by atoms with Gasteiger partial charge in [-0.15, -0.1) is 0 Å². The lowest BCUT2D eigenvalue weighted by Gasteiger charge is -2.19. The first-order valence-electron chi connectivity index (χ1n) is 7.74. The Hall–Kier alpha value is -1.69. The minimum Gasteiger partial charge on any atom is -0.467 e. The molecule has 6 heteroatoms. The molecule has 0 aliphatic rings. The number of aryl methyl sites for hydroxylation is 1. The van der Waals surface area contributed by atoms with Crippen molar-refractivity contribution < 1.29 is 14.3 Å². The van der Waals surface area contributed by atoms with Gasteiger partial charge in [-0.05, 0) is 43.8 Å². The molecule has 0 aromatic heterocycles. The predicted molar refractivity (Wildman–Crippen MR) is 94.7 cm³/mol. The van der Waals surface area contributed by atoms with E-state index in [0.29, 0.717) is 6.42 Å².